The number of imide groups is 1. The molecule has 200 valence electrons. The van der Waals surface area contributed by atoms with E-state index in [2.05, 4.69) is 15.3 Å². The number of hydrogen-bond donors (Lipinski definition) is 1. The summed E-state index contributed by atoms with van der Waals surface area (Å²) in [6.45, 7) is -0.868. The van der Waals surface area contributed by atoms with Crippen molar-refractivity contribution in [1.29, 1.82) is 0 Å². The van der Waals surface area contributed by atoms with Gasteiger partial charge < -0.3 is 14.6 Å². The molecule has 2 aromatic carbocycles. The van der Waals surface area contributed by atoms with E-state index in [0.29, 0.717) is 23.1 Å². The lowest BCUT2D eigenvalue weighted by atomic mass is 10.1. The zero-order chi connectivity index (χ0) is 28.1. The predicted molar refractivity (Wildman–Crippen MR) is 122 cm³/mol. The quantitative estimate of drug-likeness (QED) is 0.297. The number of rotatable bonds is 5. The molecule has 5 rings (SSSR count). The number of nitrogens with one attached hydrogen (secondary N) is 1. The van der Waals surface area contributed by atoms with Crippen LogP contribution in [0.2, 0.25) is 0 Å². The lowest BCUT2D eigenvalue weighted by Crippen LogP contribution is -2.31. The molecule has 0 bridgehead atoms. The number of urea groups is 1. The van der Waals surface area contributed by atoms with Crippen LogP contribution in [-0.2, 0) is 17.5 Å². The SMILES string of the molecule is O=C1CNC(=O)N1c1cnc(Oc2ccc3c(c2)c(=O)ncn3Cc2c(F)cc(F)cc2F)c(C(F)(F)F)c1. The molecule has 1 saturated heterocycles. The zero-order valence-corrected chi connectivity index (χ0v) is 19.2. The van der Waals surface area contributed by atoms with Crippen molar-refractivity contribution in [3.8, 4) is 11.6 Å². The molecular formula is C24H13F6N5O4. The van der Waals surface area contributed by atoms with Gasteiger partial charge in [0.05, 0.1) is 42.2 Å². The maximum atomic E-state index is 14.1. The minimum atomic E-state index is -5.01. The maximum Gasteiger partial charge on any atom is 0.421 e. The number of fused-ring (bicyclic) bond motifs is 1. The van der Waals surface area contributed by atoms with Crippen LogP contribution in [-0.4, -0.2) is 33.0 Å². The van der Waals surface area contributed by atoms with Crippen LogP contribution in [0.25, 0.3) is 10.9 Å². The Labute approximate surface area is 213 Å². The molecular weight excluding hydrogens is 536 g/mol. The Morgan fingerprint density at radius 3 is 2.33 bits per heavy atom. The first-order valence-electron chi connectivity index (χ1n) is 10.9. The first kappa shape index (κ1) is 25.7. The third kappa shape index (κ3) is 4.85. The molecule has 39 heavy (non-hydrogen) atoms. The summed E-state index contributed by atoms with van der Waals surface area (Å²) in [7, 11) is 0. The molecule has 9 nitrogen and oxygen atoms in total. The highest BCUT2D eigenvalue weighted by atomic mass is 19.4. The predicted octanol–water partition coefficient (Wildman–Crippen LogP) is 4.12. The number of benzene rings is 2. The normalized spacial score (nSPS) is 13.7. The Bertz CT molecular complexity index is 1680. The van der Waals surface area contributed by atoms with Crippen molar-refractivity contribution < 1.29 is 40.7 Å². The molecule has 2 aromatic heterocycles. The van der Waals surface area contributed by atoms with Crippen molar-refractivity contribution in [2.75, 3.05) is 11.4 Å². The molecule has 0 radical (unpaired) electrons. The number of carbonyl (C=O) groups excluding carboxylic acids is 2. The zero-order valence-electron chi connectivity index (χ0n) is 19.2. The van der Waals surface area contributed by atoms with Crippen LogP contribution >= 0.6 is 0 Å². The van der Waals surface area contributed by atoms with Crippen molar-refractivity contribution in [2.24, 2.45) is 0 Å². The average molecular weight is 549 g/mol. The number of ether oxygens (including phenoxy) is 1. The van der Waals surface area contributed by atoms with Gasteiger partial charge in [-0.3, -0.25) is 9.59 Å². The fourth-order valence-electron chi connectivity index (χ4n) is 3.92. The van der Waals surface area contributed by atoms with Gasteiger partial charge in [0.25, 0.3) is 11.5 Å². The van der Waals surface area contributed by atoms with Crippen LogP contribution in [0, 0.1) is 17.5 Å². The Balaban J connectivity index is 1.52. The highest BCUT2D eigenvalue weighted by Gasteiger charge is 2.38. The van der Waals surface area contributed by atoms with Crippen LogP contribution in [0.4, 0.5) is 36.8 Å². The number of aromatic nitrogens is 3. The fourth-order valence-corrected chi connectivity index (χ4v) is 3.92. The van der Waals surface area contributed by atoms with E-state index < -0.39 is 70.4 Å². The van der Waals surface area contributed by atoms with Crippen molar-refractivity contribution in [3.05, 3.63) is 87.9 Å². The Morgan fingerprint density at radius 1 is 0.974 bits per heavy atom. The Kier molecular flexibility index (Phi) is 6.20. The van der Waals surface area contributed by atoms with Gasteiger partial charge in [0.15, 0.2) is 0 Å². The second-order valence-electron chi connectivity index (χ2n) is 8.24. The number of hydrogen-bond acceptors (Lipinski definition) is 6. The maximum absolute atomic E-state index is 14.1. The van der Waals surface area contributed by atoms with E-state index in [1.165, 1.54) is 16.7 Å². The van der Waals surface area contributed by atoms with Crippen molar-refractivity contribution >= 4 is 28.5 Å². The minimum Gasteiger partial charge on any atom is -0.438 e. The van der Waals surface area contributed by atoms with Gasteiger partial charge in [-0.1, -0.05) is 0 Å². The second kappa shape index (κ2) is 9.41. The first-order chi connectivity index (χ1) is 18.4. The average Bonchev–Trinajstić information content (AvgIpc) is 3.20. The van der Waals surface area contributed by atoms with E-state index in [4.69, 9.17) is 4.74 Å². The molecule has 1 N–H and O–H groups in total. The van der Waals surface area contributed by atoms with Gasteiger partial charge in [0, 0.05) is 17.7 Å². The van der Waals surface area contributed by atoms with Crippen molar-refractivity contribution in [2.45, 2.75) is 12.7 Å². The van der Waals surface area contributed by atoms with Gasteiger partial charge in [0.1, 0.15) is 28.8 Å². The largest absolute Gasteiger partial charge is 0.438 e. The van der Waals surface area contributed by atoms with E-state index >= 15 is 0 Å². The highest BCUT2D eigenvalue weighted by Crippen LogP contribution is 2.39. The third-order valence-electron chi connectivity index (χ3n) is 5.71. The van der Waals surface area contributed by atoms with Gasteiger partial charge in [0.2, 0.25) is 5.88 Å². The number of nitrogens with zero attached hydrogens (tertiary/aromatic N) is 4. The summed E-state index contributed by atoms with van der Waals surface area (Å²) in [5, 5.41) is 2.02. The van der Waals surface area contributed by atoms with Crippen molar-refractivity contribution in [3.63, 3.8) is 0 Å². The molecule has 15 heteroatoms. The van der Waals surface area contributed by atoms with E-state index in [1.807, 2.05) is 0 Å². The number of halogens is 6. The van der Waals surface area contributed by atoms with Crippen LogP contribution in [0.1, 0.15) is 11.1 Å². The van der Waals surface area contributed by atoms with Crippen LogP contribution < -0.4 is 20.5 Å². The summed E-state index contributed by atoms with van der Waals surface area (Å²) in [4.78, 5) is 43.9. The molecule has 3 amide bonds. The summed E-state index contributed by atoms with van der Waals surface area (Å²) in [5.41, 5.74) is -3.06. The third-order valence-corrected chi connectivity index (χ3v) is 5.71. The number of alkyl halides is 3. The van der Waals surface area contributed by atoms with Gasteiger partial charge in [-0.05, 0) is 24.3 Å². The summed E-state index contributed by atoms with van der Waals surface area (Å²) in [5.74, 6) is -5.42. The first-order valence-corrected chi connectivity index (χ1v) is 10.9. The molecule has 0 unspecified atom stereocenters. The van der Waals surface area contributed by atoms with E-state index in [-0.39, 0.29) is 23.2 Å². The van der Waals surface area contributed by atoms with E-state index in [0.717, 1.165) is 18.6 Å². The summed E-state index contributed by atoms with van der Waals surface area (Å²) in [6.07, 6.45) is -3.16. The smallest absolute Gasteiger partial charge is 0.421 e. The number of carbonyl (C=O) groups is 2. The number of pyridine rings is 1. The number of anilines is 1. The monoisotopic (exact) mass is 549 g/mol. The Hall–Kier alpha value is -4.95. The molecule has 0 spiro atoms. The van der Waals surface area contributed by atoms with Gasteiger partial charge in [-0.25, -0.2) is 27.8 Å². The standard InChI is InChI=1S/C24H13F6N5O4/c25-11-3-17(26)15(18(27)4-11)9-34-10-33-21(37)14-6-13(1-2-19(14)34)39-22-16(24(28,29)30)5-12(7-31-22)35-20(36)8-32-23(35)38/h1-7,10H,8-9H2,(H,32,38). The molecule has 1 aliphatic heterocycles. The lowest BCUT2D eigenvalue weighted by Gasteiger charge is -2.17. The van der Waals surface area contributed by atoms with Crippen LogP contribution in [0.5, 0.6) is 11.6 Å². The molecule has 0 saturated carbocycles. The van der Waals surface area contributed by atoms with E-state index in [1.54, 1.807) is 0 Å². The van der Waals surface area contributed by atoms with E-state index in [9.17, 15) is 40.7 Å². The molecule has 0 aliphatic carbocycles. The summed E-state index contributed by atoms with van der Waals surface area (Å²) in [6, 6.07) is 4.08. The molecule has 1 fully saturated rings. The van der Waals surface area contributed by atoms with Gasteiger partial charge >= 0.3 is 12.2 Å². The second-order valence-corrected chi connectivity index (χ2v) is 8.24. The van der Waals surface area contributed by atoms with Crippen LogP contribution in [0.15, 0.2) is 53.7 Å². The van der Waals surface area contributed by atoms with Crippen molar-refractivity contribution in [1.82, 2.24) is 19.9 Å². The molecule has 4 aromatic rings. The molecule has 0 atom stereocenters. The number of amides is 3. The minimum absolute atomic E-state index is 0.100. The van der Waals surface area contributed by atoms with Gasteiger partial charge in [-0.2, -0.15) is 18.2 Å². The molecule has 3 heterocycles. The lowest BCUT2D eigenvalue weighted by molar-refractivity contribution is -0.138. The van der Waals surface area contributed by atoms with Crippen LogP contribution in [0.3, 0.4) is 0 Å². The Morgan fingerprint density at radius 2 is 1.69 bits per heavy atom. The summed E-state index contributed by atoms with van der Waals surface area (Å²) < 4.78 is 89.5. The molecule has 1 aliphatic rings. The van der Waals surface area contributed by atoms with Gasteiger partial charge in [-0.15, -0.1) is 0 Å². The summed E-state index contributed by atoms with van der Waals surface area (Å²) >= 11 is 0. The highest BCUT2D eigenvalue weighted by molar-refractivity contribution is 6.19. The topological polar surface area (TPSA) is 106 Å². The fraction of sp³-hybridized carbons (Fsp3) is 0.125.